The molecule has 1 saturated carbocycles. The Balaban J connectivity index is 2.07. The number of ether oxygens (including phenoxy) is 1. The van der Waals surface area contributed by atoms with Gasteiger partial charge < -0.3 is 9.84 Å². The molecular weight excluding hydrogens is 230 g/mol. The highest BCUT2D eigenvalue weighted by Gasteiger charge is 2.20. The summed E-state index contributed by atoms with van der Waals surface area (Å²) in [6, 6.07) is 3.06. The SMILES string of the molecule is Cc1cc(C(=O)O)cc(OC2CCC(C)CC2)n1. The van der Waals surface area contributed by atoms with Crippen LogP contribution in [0.25, 0.3) is 0 Å². The quantitative estimate of drug-likeness (QED) is 0.894. The summed E-state index contributed by atoms with van der Waals surface area (Å²) < 4.78 is 5.80. The van der Waals surface area contributed by atoms with Crippen molar-refractivity contribution in [3.05, 3.63) is 23.4 Å². The summed E-state index contributed by atoms with van der Waals surface area (Å²) in [6.07, 6.45) is 4.57. The van der Waals surface area contributed by atoms with E-state index < -0.39 is 5.97 Å². The van der Waals surface area contributed by atoms with E-state index in [4.69, 9.17) is 9.84 Å². The van der Waals surface area contributed by atoms with Gasteiger partial charge in [0.05, 0.1) is 5.56 Å². The molecule has 1 aromatic rings. The number of aromatic nitrogens is 1. The topological polar surface area (TPSA) is 59.4 Å². The number of carboxylic acids is 1. The lowest BCUT2D eigenvalue weighted by atomic mass is 9.89. The monoisotopic (exact) mass is 249 g/mol. The Labute approximate surface area is 107 Å². The van der Waals surface area contributed by atoms with Gasteiger partial charge in [0.1, 0.15) is 6.10 Å². The summed E-state index contributed by atoms with van der Waals surface area (Å²) in [6.45, 7) is 4.03. The molecule has 1 aliphatic rings. The van der Waals surface area contributed by atoms with Gasteiger partial charge in [-0.2, -0.15) is 0 Å². The lowest BCUT2D eigenvalue weighted by Gasteiger charge is -2.26. The second-order valence-corrected chi connectivity index (χ2v) is 5.14. The number of aromatic carboxylic acids is 1. The van der Waals surface area contributed by atoms with E-state index in [-0.39, 0.29) is 11.7 Å². The Morgan fingerprint density at radius 1 is 1.33 bits per heavy atom. The van der Waals surface area contributed by atoms with Gasteiger partial charge in [-0.15, -0.1) is 0 Å². The summed E-state index contributed by atoms with van der Waals surface area (Å²) in [4.78, 5) is 15.2. The van der Waals surface area contributed by atoms with Crippen LogP contribution in [0.4, 0.5) is 0 Å². The largest absolute Gasteiger partial charge is 0.478 e. The molecule has 1 aliphatic carbocycles. The van der Waals surface area contributed by atoms with Gasteiger partial charge in [-0.3, -0.25) is 0 Å². The van der Waals surface area contributed by atoms with Crippen molar-refractivity contribution in [1.82, 2.24) is 4.98 Å². The standard InChI is InChI=1S/C14H19NO3/c1-9-3-5-12(6-4-9)18-13-8-11(14(16)17)7-10(2)15-13/h7-9,12H,3-6H2,1-2H3,(H,16,17). The van der Waals surface area contributed by atoms with Crippen molar-refractivity contribution in [2.24, 2.45) is 5.92 Å². The fraction of sp³-hybridized carbons (Fsp3) is 0.571. The van der Waals surface area contributed by atoms with E-state index in [1.165, 1.54) is 18.9 Å². The van der Waals surface area contributed by atoms with Gasteiger partial charge in [0, 0.05) is 11.8 Å². The molecule has 18 heavy (non-hydrogen) atoms. The van der Waals surface area contributed by atoms with Crippen molar-refractivity contribution in [1.29, 1.82) is 0 Å². The molecule has 1 fully saturated rings. The van der Waals surface area contributed by atoms with Crippen LogP contribution in [0, 0.1) is 12.8 Å². The van der Waals surface area contributed by atoms with E-state index in [9.17, 15) is 4.79 Å². The lowest BCUT2D eigenvalue weighted by Crippen LogP contribution is -2.23. The van der Waals surface area contributed by atoms with Crippen LogP contribution in [0.2, 0.25) is 0 Å². The zero-order valence-corrected chi connectivity index (χ0v) is 10.8. The van der Waals surface area contributed by atoms with E-state index in [0.29, 0.717) is 11.6 Å². The molecule has 0 atom stereocenters. The Hall–Kier alpha value is -1.58. The third-order valence-electron chi connectivity index (χ3n) is 3.43. The molecule has 2 rings (SSSR count). The van der Waals surface area contributed by atoms with Crippen LogP contribution in [0.5, 0.6) is 5.88 Å². The van der Waals surface area contributed by atoms with Gasteiger partial charge in [0.2, 0.25) is 5.88 Å². The Morgan fingerprint density at radius 2 is 2.00 bits per heavy atom. The van der Waals surface area contributed by atoms with Crippen LogP contribution in [-0.4, -0.2) is 22.2 Å². The van der Waals surface area contributed by atoms with Crippen LogP contribution in [0.1, 0.15) is 48.7 Å². The molecule has 0 unspecified atom stereocenters. The zero-order chi connectivity index (χ0) is 13.1. The summed E-state index contributed by atoms with van der Waals surface area (Å²) in [5.74, 6) is 0.263. The maximum Gasteiger partial charge on any atom is 0.335 e. The average molecular weight is 249 g/mol. The van der Waals surface area contributed by atoms with E-state index in [1.54, 1.807) is 13.0 Å². The van der Waals surface area contributed by atoms with Crippen molar-refractivity contribution in [3.63, 3.8) is 0 Å². The first-order valence-electron chi connectivity index (χ1n) is 6.43. The van der Waals surface area contributed by atoms with Crippen LogP contribution >= 0.6 is 0 Å². The summed E-state index contributed by atoms with van der Waals surface area (Å²) >= 11 is 0. The van der Waals surface area contributed by atoms with E-state index in [0.717, 1.165) is 18.8 Å². The highest BCUT2D eigenvalue weighted by Crippen LogP contribution is 2.27. The third kappa shape index (κ3) is 3.22. The third-order valence-corrected chi connectivity index (χ3v) is 3.43. The zero-order valence-electron chi connectivity index (χ0n) is 10.8. The van der Waals surface area contributed by atoms with Crippen molar-refractivity contribution in [2.45, 2.75) is 45.6 Å². The van der Waals surface area contributed by atoms with Crippen LogP contribution < -0.4 is 4.74 Å². The number of hydrogen-bond donors (Lipinski definition) is 1. The molecule has 1 N–H and O–H groups in total. The fourth-order valence-corrected chi connectivity index (χ4v) is 2.34. The molecule has 0 saturated heterocycles. The number of carbonyl (C=O) groups is 1. The van der Waals surface area contributed by atoms with Crippen molar-refractivity contribution in [2.75, 3.05) is 0 Å². The van der Waals surface area contributed by atoms with Crippen molar-refractivity contribution < 1.29 is 14.6 Å². The molecule has 0 spiro atoms. The summed E-state index contributed by atoms with van der Waals surface area (Å²) in [5.41, 5.74) is 0.913. The maximum absolute atomic E-state index is 11.0. The minimum Gasteiger partial charge on any atom is -0.478 e. The fourth-order valence-electron chi connectivity index (χ4n) is 2.34. The highest BCUT2D eigenvalue weighted by atomic mass is 16.5. The molecule has 4 heteroatoms. The van der Waals surface area contributed by atoms with Crippen LogP contribution in [0.15, 0.2) is 12.1 Å². The van der Waals surface area contributed by atoms with Crippen molar-refractivity contribution >= 4 is 5.97 Å². The van der Waals surface area contributed by atoms with E-state index in [2.05, 4.69) is 11.9 Å². The number of hydrogen-bond acceptors (Lipinski definition) is 3. The second-order valence-electron chi connectivity index (χ2n) is 5.14. The molecule has 1 aromatic heterocycles. The molecule has 0 aromatic carbocycles. The Morgan fingerprint density at radius 3 is 2.61 bits per heavy atom. The molecule has 0 radical (unpaired) electrons. The molecule has 1 heterocycles. The maximum atomic E-state index is 11.0. The van der Waals surface area contributed by atoms with Gasteiger partial charge in [-0.1, -0.05) is 6.92 Å². The lowest BCUT2D eigenvalue weighted by molar-refractivity contribution is 0.0694. The van der Waals surface area contributed by atoms with Gasteiger partial charge in [-0.25, -0.2) is 9.78 Å². The molecule has 4 nitrogen and oxygen atoms in total. The molecule has 0 bridgehead atoms. The van der Waals surface area contributed by atoms with Gasteiger partial charge >= 0.3 is 5.97 Å². The Bertz CT molecular complexity index is 437. The predicted octanol–water partition coefficient (Wildman–Crippen LogP) is 3.05. The van der Waals surface area contributed by atoms with Crippen molar-refractivity contribution in [3.8, 4) is 5.88 Å². The minimum atomic E-state index is -0.942. The Kier molecular flexibility index (Phi) is 3.84. The first kappa shape index (κ1) is 12.9. The van der Waals surface area contributed by atoms with Crippen LogP contribution in [0.3, 0.4) is 0 Å². The van der Waals surface area contributed by atoms with Gasteiger partial charge in [0.25, 0.3) is 0 Å². The van der Waals surface area contributed by atoms with E-state index >= 15 is 0 Å². The highest BCUT2D eigenvalue weighted by molar-refractivity contribution is 5.87. The number of aryl methyl sites for hydroxylation is 1. The normalized spacial score (nSPS) is 23.7. The average Bonchev–Trinajstić information content (AvgIpc) is 2.31. The number of carboxylic acid groups (broad SMARTS) is 1. The number of rotatable bonds is 3. The van der Waals surface area contributed by atoms with Crippen LogP contribution in [-0.2, 0) is 0 Å². The summed E-state index contributed by atoms with van der Waals surface area (Å²) in [5, 5.41) is 8.99. The molecular formula is C14H19NO3. The first-order chi connectivity index (χ1) is 8.54. The number of nitrogens with zero attached hydrogens (tertiary/aromatic N) is 1. The second kappa shape index (κ2) is 5.38. The van der Waals surface area contributed by atoms with E-state index in [1.807, 2.05) is 0 Å². The number of pyridine rings is 1. The molecule has 0 aliphatic heterocycles. The smallest absolute Gasteiger partial charge is 0.335 e. The van der Waals surface area contributed by atoms with Gasteiger partial charge in [0.15, 0.2) is 0 Å². The summed E-state index contributed by atoms with van der Waals surface area (Å²) in [7, 11) is 0. The first-order valence-corrected chi connectivity index (χ1v) is 6.43. The van der Waals surface area contributed by atoms with Gasteiger partial charge in [-0.05, 0) is 44.6 Å². The molecule has 0 amide bonds. The minimum absolute atomic E-state index is 0.178. The predicted molar refractivity (Wildman–Crippen MR) is 68.0 cm³/mol. The molecule has 98 valence electrons.